The van der Waals surface area contributed by atoms with Crippen molar-refractivity contribution >= 4 is 44.8 Å². The Bertz CT molecular complexity index is 1210. The zero-order chi connectivity index (χ0) is 17.6. The van der Waals surface area contributed by atoms with E-state index in [1.165, 1.54) is 11.3 Å². The highest BCUT2D eigenvalue weighted by molar-refractivity contribution is 7.17. The number of fused-ring (bicyclic) bond motifs is 1. The number of aromatic amines is 1. The lowest BCUT2D eigenvalue weighted by Gasteiger charge is -2.07. The van der Waals surface area contributed by atoms with Crippen molar-refractivity contribution in [3.8, 4) is 16.8 Å². The van der Waals surface area contributed by atoms with E-state index in [9.17, 15) is 9.59 Å². The molecule has 4 rings (SSSR count). The molecule has 0 saturated carbocycles. The van der Waals surface area contributed by atoms with Gasteiger partial charge in [-0.15, -0.1) is 11.3 Å². The summed E-state index contributed by atoms with van der Waals surface area (Å²) < 4.78 is 1.10. The zero-order valence-corrected chi connectivity index (χ0v) is 15.0. The fourth-order valence-corrected chi connectivity index (χ4v) is 4.03. The fourth-order valence-electron chi connectivity index (χ4n) is 2.72. The summed E-state index contributed by atoms with van der Waals surface area (Å²) in [4.78, 5) is 28.8. The van der Waals surface area contributed by atoms with Gasteiger partial charge in [-0.05, 0) is 30.3 Å². The zero-order valence-electron chi connectivity index (χ0n) is 12.6. The summed E-state index contributed by atoms with van der Waals surface area (Å²) in [5.41, 5.74) is 1.02. The van der Waals surface area contributed by atoms with E-state index in [1.54, 1.807) is 30.3 Å². The number of nitrogens with one attached hydrogen (secondary N) is 1. The molecule has 0 fully saturated rings. The minimum absolute atomic E-state index is 0.391. The van der Waals surface area contributed by atoms with Crippen LogP contribution in [0.1, 0.15) is 0 Å². The van der Waals surface area contributed by atoms with Crippen molar-refractivity contribution in [2.45, 2.75) is 0 Å². The Balaban J connectivity index is 2.06. The van der Waals surface area contributed by atoms with Crippen LogP contribution in [0.3, 0.4) is 0 Å². The highest BCUT2D eigenvalue weighted by Gasteiger charge is 2.17. The Kier molecular flexibility index (Phi) is 4.00. The van der Waals surface area contributed by atoms with Crippen molar-refractivity contribution in [3.63, 3.8) is 0 Å². The van der Waals surface area contributed by atoms with Crippen LogP contribution in [0.4, 0.5) is 0 Å². The monoisotopic (exact) mass is 388 g/mol. The summed E-state index contributed by atoms with van der Waals surface area (Å²) >= 11 is 13.5. The average Bonchev–Trinajstić information content (AvgIpc) is 3.01. The third kappa shape index (κ3) is 2.70. The van der Waals surface area contributed by atoms with Gasteiger partial charge in [0.05, 0.1) is 11.1 Å². The molecule has 2 aromatic heterocycles. The van der Waals surface area contributed by atoms with Gasteiger partial charge in [-0.25, -0.2) is 9.36 Å². The van der Waals surface area contributed by atoms with Crippen LogP contribution in [0.15, 0.2) is 63.5 Å². The fraction of sp³-hybridized carbons (Fsp3) is 0. The summed E-state index contributed by atoms with van der Waals surface area (Å²) in [6.07, 6.45) is 0. The number of thiophene rings is 1. The summed E-state index contributed by atoms with van der Waals surface area (Å²) in [6.45, 7) is 0. The summed E-state index contributed by atoms with van der Waals surface area (Å²) in [5, 5.41) is 3.34. The van der Waals surface area contributed by atoms with E-state index in [0.717, 1.165) is 10.1 Å². The van der Waals surface area contributed by atoms with E-state index in [4.69, 9.17) is 23.2 Å². The first-order valence-corrected chi connectivity index (χ1v) is 8.97. The largest absolute Gasteiger partial charge is 0.334 e. The first-order chi connectivity index (χ1) is 12.1. The lowest BCUT2D eigenvalue weighted by molar-refractivity contribution is 0.905. The van der Waals surface area contributed by atoms with Crippen molar-refractivity contribution in [2.24, 2.45) is 0 Å². The number of nitrogens with zero attached hydrogens (tertiary/aromatic N) is 1. The molecule has 0 aliphatic heterocycles. The second-order valence-corrected chi connectivity index (χ2v) is 7.10. The molecule has 0 aliphatic rings. The second kappa shape index (κ2) is 6.19. The molecule has 1 N–H and O–H groups in total. The third-order valence-electron chi connectivity index (χ3n) is 3.88. The van der Waals surface area contributed by atoms with Gasteiger partial charge in [0.25, 0.3) is 5.56 Å². The maximum absolute atomic E-state index is 13.1. The molecule has 0 saturated heterocycles. The van der Waals surface area contributed by atoms with E-state index in [-0.39, 0.29) is 0 Å². The lowest BCUT2D eigenvalue weighted by atomic mass is 10.1. The van der Waals surface area contributed by atoms with Gasteiger partial charge in [0, 0.05) is 26.6 Å². The van der Waals surface area contributed by atoms with Crippen LogP contribution in [-0.2, 0) is 0 Å². The van der Waals surface area contributed by atoms with E-state index >= 15 is 0 Å². The quantitative estimate of drug-likeness (QED) is 0.540. The number of H-pyrrole nitrogens is 1. The first kappa shape index (κ1) is 16.1. The van der Waals surface area contributed by atoms with Gasteiger partial charge in [-0.3, -0.25) is 9.78 Å². The molecule has 0 atom stereocenters. The molecule has 124 valence electrons. The van der Waals surface area contributed by atoms with Crippen LogP contribution in [0.25, 0.3) is 27.0 Å². The Morgan fingerprint density at radius 1 is 0.920 bits per heavy atom. The molecule has 2 heterocycles. The smallest absolute Gasteiger partial charge is 0.298 e. The van der Waals surface area contributed by atoms with E-state index < -0.39 is 11.2 Å². The highest BCUT2D eigenvalue weighted by Crippen LogP contribution is 2.34. The molecular formula is C18H10Cl2N2O2S. The van der Waals surface area contributed by atoms with Crippen LogP contribution >= 0.6 is 34.5 Å². The molecule has 2 aromatic carbocycles. The number of aromatic nitrogens is 2. The topological polar surface area (TPSA) is 54.9 Å². The second-order valence-electron chi connectivity index (χ2n) is 5.38. The predicted molar refractivity (Wildman–Crippen MR) is 103 cm³/mol. The summed E-state index contributed by atoms with van der Waals surface area (Å²) in [6, 6.07) is 13.8. The Labute approximate surface area is 155 Å². The number of halogens is 2. The Morgan fingerprint density at radius 2 is 1.64 bits per heavy atom. The van der Waals surface area contributed by atoms with Gasteiger partial charge in [0.1, 0.15) is 4.83 Å². The summed E-state index contributed by atoms with van der Waals surface area (Å²) in [5.74, 6) is 0. The molecule has 0 spiro atoms. The van der Waals surface area contributed by atoms with Gasteiger partial charge in [-0.2, -0.15) is 0 Å². The predicted octanol–water partition coefficient (Wildman–Crippen LogP) is 4.71. The molecule has 0 bridgehead atoms. The van der Waals surface area contributed by atoms with E-state index in [2.05, 4.69) is 4.98 Å². The molecule has 7 heteroatoms. The maximum atomic E-state index is 13.1. The van der Waals surface area contributed by atoms with Crippen molar-refractivity contribution in [3.05, 3.63) is 84.8 Å². The van der Waals surface area contributed by atoms with Crippen LogP contribution in [0.2, 0.25) is 10.0 Å². The van der Waals surface area contributed by atoms with Crippen LogP contribution in [0, 0.1) is 0 Å². The number of benzene rings is 2. The number of hydrogen-bond acceptors (Lipinski definition) is 3. The van der Waals surface area contributed by atoms with Gasteiger partial charge >= 0.3 is 5.69 Å². The minimum atomic E-state index is -0.493. The Morgan fingerprint density at radius 3 is 2.36 bits per heavy atom. The first-order valence-electron chi connectivity index (χ1n) is 7.33. The maximum Gasteiger partial charge on any atom is 0.334 e. The lowest BCUT2D eigenvalue weighted by Crippen LogP contribution is -2.33. The van der Waals surface area contributed by atoms with Gasteiger partial charge in [0.15, 0.2) is 0 Å². The number of rotatable bonds is 2. The SMILES string of the molecule is O=c1[nH]c2scc(-c3ccccc3Cl)c2c(=O)n1-c1ccc(Cl)cc1. The Hall–Kier alpha value is -2.34. The average molecular weight is 389 g/mol. The molecule has 25 heavy (non-hydrogen) atoms. The standard InChI is InChI=1S/C18H10Cl2N2O2S/c19-10-5-7-11(8-6-10)22-17(23)15-13(9-25-16(15)21-18(22)24)12-3-1-2-4-14(12)20/h1-9H,(H,21,24). The minimum Gasteiger partial charge on any atom is -0.298 e. The molecule has 4 nitrogen and oxygen atoms in total. The molecule has 0 amide bonds. The van der Waals surface area contributed by atoms with Gasteiger partial charge in [0.2, 0.25) is 0 Å². The molecule has 4 aromatic rings. The van der Waals surface area contributed by atoms with Crippen LogP contribution < -0.4 is 11.2 Å². The van der Waals surface area contributed by atoms with Crippen molar-refractivity contribution in [2.75, 3.05) is 0 Å². The molecule has 0 radical (unpaired) electrons. The summed E-state index contributed by atoms with van der Waals surface area (Å²) in [7, 11) is 0. The van der Waals surface area contributed by atoms with Crippen molar-refractivity contribution in [1.29, 1.82) is 0 Å². The highest BCUT2D eigenvalue weighted by atomic mass is 35.5. The normalized spacial score (nSPS) is 11.1. The van der Waals surface area contributed by atoms with Gasteiger partial charge < -0.3 is 0 Å². The van der Waals surface area contributed by atoms with E-state index in [0.29, 0.717) is 31.5 Å². The molecular weight excluding hydrogens is 379 g/mol. The van der Waals surface area contributed by atoms with Crippen LogP contribution in [-0.4, -0.2) is 9.55 Å². The van der Waals surface area contributed by atoms with Crippen molar-refractivity contribution in [1.82, 2.24) is 9.55 Å². The van der Waals surface area contributed by atoms with Crippen molar-refractivity contribution < 1.29 is 0 Å². The van der Waals surface area contributed by atoms with E-state index in [1.807, 2.05) is 23.6 Å². The number of hydrogen-bond donors (Lipinski definition) is 1. The molecule has 0 aliphatic carbocycles. The van der Waals surface area contributed by atoms with Crippen LogP contribution in [0.5, 0.6) is 0 Å². The van der Waals surface area contributed by atoms with Gasteiger partial charge in [-0.1, -0.05) is 41.4 Å². The molecule has 0 unspecified atom stereocenters. The third-order valence-corrected chi connectivity index (χ3v) is 5.36.